The van der Waals surface area contributed by atoms with Gasteiger partial charge in [0, 0.05) is 33.1 Å². The van der Waals surface area contributed by atoms with Gasteiger partial charge in [-0.05, 0) is 50.3 Å². The molecule has 0 bridgehead atoms. The Balaban J connectivity index is 3.09. The Hall–Kier alpha value is -4.70. The summed E-state index contributed by atoms with van der Waals surface area (Å²) in [4.78, 5) is 75.3. The smallest absolute Gasteiger partial charge is 0.337 e. The van der Waals surface area contributed by atoms with Gasteiger partial charge in [-0.3, -0.25) is 19.2 Å². The zero-order valence-corrected chi connectivity index (χ0v) is 31.8. The van der Waals surface area contributed by atoms with E-state index in [1.165, 1.54) is 25.5 Å². The SMILES string of the molecule is CC#CCOc1ccc(C[C@H](NC(=O)[C@@H](/C=C/CCCCCCC(=O)CCCCCCC)[C@@](O)(CC(=O)OC(C)OC(C)=O)C(=O)O)C(=O)OC)cc1. The third kappa shape index (κ3) is 19.1. The molecule has 0 aliphatic heterocycles. The largest absolute Gasteiger partial charge is 0.481 e. The van der Waals surface area contributed by atoms with Crippen molar-refractivity contribution in [2.75, 3.05) is 13.7 Å². The first-order valence-electron chi connectivity index (χ1n) is 18.3. The number of amides is 1. The van der Waals surface area contributed by atoms with Crippen LogP contribution < -0.4 is 10.1 Å². The Morgan fingerprint density at radius 1 is 0.925 bits per heavy atom. The van der Waals surface area contributed by atoms with Gasteiger partial charge >= 0.3 is 23.9 Å². The molecule has 1 aromatic rings. The van der Waals surface area contributed by atoms with Crippen LogP contribution in [0, 0.1) is 17.8 Å². The summed E-state index contributed by atoms with van der Waals surface area (Å²) < 4.78 is 20.1. The maximum atomic E-state index is 13.8. The number of nitrogens with one attached hydrogen (secondary N) is 1. The number of Topliss-reactive ketones (excluding diaryl/α,β-unsaturated/α-hetero) is 1. The Kier molecular flexibility index (Phi) is 22.8. The highest BCUT2D eigenvalue weighted by Gasteiger charge is 2.49. The highest BCUT2D eigenvalue weighted by atomic mass is 16.7. The van der Waals surface area contributed by atoms with Crippen LogP contribution in [-0.2, 0) is 49.4 Å². The van der Waals surface area contributed by atoms with Crippen LogP contribution in [-0.4, -0.2) is 77.4 Å². The standard InChI is InChI=1S/C40H57NO12/c1-6-8-10-13-16-19-32(43)20-17-14-11-12-15-18-21-34(40(49,39(47)48)28-36(44)53-30(4)52-29(3)42)37(45)41-35(38(46)50-5)27-31-22-24-33(25-23-31)51-26-9-7-2/h18,21-25,30,34-35,49H,6,8,10-17,19-20,26-28H2,1-5H3,(H,41,45)(H,47,48)/b21-18+/t30?,34-,35+,40+/m1/s1. The van der Waals surface area contributed by atoms with E-state index in [1.54, 1.807) is 31.2 Å². The Labute approximate surface area is 313 Å². The Morgan fingerprint density at radius 2 is 1.55 bits per heavy atom. The van der Waals surface area contributed by atoms with Crippen molar-refractivity contribution in [1.82, 2.24) is 5.32 Å². The van der Waals surface area contributed by atoms with Gasteiger partial charge in [0.15, 0.2) is 5.60 Å². The normalized spacial score (nSPS) is 13.7. The maximum Gasteiger partial charge on any atom is 0.337 e. The third-order valence-electron chi connectivity index (χ3n) is 8.33. The van der Waals surface area contributed by atoms with Crippen molar-refractivity contribution in [2.45, 2.75) is 136 Å². The van der Waals surface area contributed by atoms with Gasteiger partial charge in [0.05, 0.1) is 19.4 Å². The summed E-state index contributed by atoms with van der Waals surface area (Å²) in [6.07, 6.45) is 10.1. The fourth-order valence-electron chi connectivity index (χ4n) is 5.45. The Morgan fingerprint density at radius 3 is 2.11 bits per heavy atom. The summed E-state index contributed by atoms with van der Waals surface area (Å²) in [5, 5.41) is 24.1. The van der Waals surface area contributed by atoms with Gasteiger partial charge in [-0.15, -0.1) is 5.92 Å². The third-order valence-corrected chi connectivity index (χ3v) is 8.33. The van der Waals surface area contributed by atoms with Crippen LogP contribution in [0.4, 0.5) is 0 Å². The number of esters is 3. The molecule has 4 atom stereocenters. The minimum atomic E-state index is -3.02. The van der Waals surface area contributed by atoms with E-state index in [0.29, 0.717) is 37.0 Å². The molecule has 13 heteroatoms. The highest BCUT2D eigenvalue weighted by molar-refractivity contribution is 5.95. The molecule has 1 amide bonds. The summed E-state index contributed by atoms with van der Waals surface area (Å²) in [7, 11) is 1.13. The van der Waals surface area contributed by atoms with Crippen LogP contribution >= 0.6 is 0 Å². The minimum absolute atomic E-state index is 0.0569. The highest BCUT2D eigenvalue weighted by Crippen LogP contribution is 2.27. The predicted molar refractivity (Wildman–Crippen MR) is 196 cm³/mol. The van der Waals surface area contributed by atoms with E-state index < -0.39 is 60.1 Å². The number of hydrogen-bond acceptors (Lipinski definition) is 11. The van der Waals surface area contributed by atoms with E-state index in [0.717, 1.165) is 59.0 Å². The van der Waals surface area contributed by atoms with Crippen molar-refractivity contribution < 1.29 is 57.9 Å². The second-order valence-corrected chi connectivity index (χ2v) is 12.8. The lowest BCUT2D eigenvalue weighted by atomic mass is 9.82. The van der Waals surface area contributed by atoms with Gasteiger partial charge in [-0.1, -0.05) is 75.7 Å². The van der Waals surface area contributed by atoms with E-state index in [2.05, 4.69) is 24.1 Å². The van der Waals surface area contributed by atoms with Crippen molar-refractivity contribution in [3.8, 4) is 17.6 Å². The number of rotatable bonds is 27. The lowest BCUT2D eigenvalue weighted by Crippen LogP contribution is -2.55. The van der Waals surface area contributed by atoms with Gasteiger partial charge in [-0.2, -0.15) is 0 Å². The summed E-state index contributed by atoms with van der Waals surface area (Å²) >= 11 is 0. The monoisotopic (exact) mass is 743 g/mol. The molecule has 13 nitrogen and oxygen atoms in total. The van der Waals surface area contributed by atoms with Crippen LogP contribution in [0.15, 0.2) is 36.4 Å². The first-order valence-corrected chi connectivity index (χ1v) is 18.3. The van der Waals surface area contributed by atoms with Crippen molar-refractivity contribution in [1.29, 1.82) is 0 Å². The summed E-state index contributed by atoms with van der Waals surface area (Å²) in [6, 6.07) is 5.37. The first-order chi connectivity index (χ1) is 25.3. The average molecular weight is 744 g/mol. The van der Waals surface area contributed by atoms with Gasteiger partial charge in [0.25, 0.3) is 0 Å². The van der Waals surface area contributed by atoms with E-state index in [4.69, 9.17) is 18.9 Å². The van der Waals surface area contributed by atoms with Crippen molar-refractivity contribution in [3.63, 3.8) is 0 Å². The number of unbranched alkanes of at least 4 members (excludes halogenated alkanes) is 8. The molecule has 0 radical (unpaired) electrons. The quantitative estimate of drug-likeness (QED) is 0.0343. The summed E-state index contributed by atoms with van der Waals surface area (Å²) in [5.74, 6) is -1.36. The topological polar surface area (TPSA) is 192 Å². The number of aliphatic carboxylic acids is 1. The number of benzene rings is 1. The van der Waals surface area contributed by atoms with Gasteiger partial charge in [0.2, 0.25) is 12.2 Å². The number of carboxylic acid groups (broad SMARTS) is 1. The molecule has 1 unspecified atom stereocenters. The Bertz CT molecular complexity index is 1410. The van der Waals surface area contributed by atoms with Crippen LogP contribution in [0.2, 0.25) is 0 Å². The number of ketones is 1. The molecule has 1 aromatic carbocycles. The molecule has 0 aromatic heterocycles. The molecule has 53 heavy (non-hydrogen) atoms. The molecule has 0 spiro atoms. The van der Waals surface area contributed by atoms with Crippen LogP contribution in [0.1, 0.15) is 117 Å². The zero-order chi connectivity index (χ0) is 39.6. The van der Waals surface area contributed by atoms with Crippen molar-refractivity contribution in [2.24, 2.45) is 5.92 Å². The van der Waals surface area contributed by atoms with E-state index in [1.807, 2.05) is 0 Å². The zero-order valence-electron chi connectivity index (χ0n) is 31.8. The molecule has 0 fully saturated rings. The van der Waals surface area contributed by atoms with Crippen molar-refractivity contribution >= 4 is 35.6 Å². The first kappa shape index (κ1) is 46.3. The molecule has 3 N–H and O–H groups in total. The van der Waals surface area contributed by atoms with Crippen LogP contribution in [0.5, 0.6) is 5.75 Å². The summed E-state index contributed by atoms with van der Waals surface area (Å²) in [5.41, 5.74) is -2.42. The second kappa shape index (κ2) is 26.1. The van der Waals surface area contributed by atoms with E-state index in [9.17, 15) is 39.0 Å². The number of hydrogen-bond donors (Lipinski definition) is 3. The molecule has 0 saturated carbocycles. The number of carbonyl (C=O) groups is 6. The molecule has 0 aliphatic rings. The van der Waals surface area contributed by atoms with E-state index in [-0.39, 0.29) is 18.8 Å². The van der Waals surface area contributed by atoms with Gasteiger partial charge < -0.3 is 34.5 Å². The fraction of sp³-hybridized carbons (Fsp3) is 0.600. The van der Waals surface area contributed by atoms with Crippen molar-refractivity contribution in [3.05, 3.63) is 42.0 Å². The molecule has 1 rings (SSSR count). The number of methoxy groups -OCH3 is 1. The number of ether oxygens (including phenoxy) is 4. The molecule has 0 heterocycles. The van der Waals surface area contributed by atoms with Crippen LogP contribution in [0.3, 0.4) is 0 Å². The van der Waals surface area contributed by atoms with Gasteiger partial charge in [0.1, 0.15) is 24.2 Å². The van der Waals surface area contributed by atoms with Crippen LogP contribution in [0.25, 0.3) is 0 Å². The predicted octanol–water partition coefficient (Wildman–Crippen LogP) is 5.39. The molecular weight excluding hydrogens is 686 g/mol. The second-order valence-electron chi connectivity index (χ2n) is 12.8. The average Bonchev–Trinajstić information content (AvgIpc) is 3.10. The van der Waals surface area contributed by atoms with E-state index >= 15 is 0 Å². The maximum absolute atomic E-state index is 13.8. The van der Waals surface area contributed by atoms with Gasteiger partial charge in [-0.25, -0.2) is 9.59 Å². The fourth-order valence-corrected chi connectivity index (χ4v) is 5.45. The number of carboxylic acids is 1. The molecule has 294 valence electrons. The molecular formula is C40H57NO12. The number of aliphatic hydroxyl groups is 1. The lowest BCUT2D eigenvalue weighted by Gasteiger charge is -2.30. The molecule has 0 aliphatic carbocycles. The number of allylic oxidation sites excluding steroid dienone is 1. The number of carbonyl (C=O) groups excluding carboxylic acids is 5. The molecule has 0 saturated heterocycles. The summed E-state index contributed by atoms with van der Waals surface area (Å²) in [6.45, 7) is 6.34. The minimum Gasteiger partial charge on any atom is -0.481 e. The lowest BCUT2D eigenvalue weighted by molar-refractivity contribution is -0.191.